The maximum absolute atomic E-state index is 13.1. The normalized spacial score (nSPS) is 11.1. The molecule has 8 nitrogen and oxygen atoms in total. The number of nitrogens with one attached hydrogen (secondary N) is 2. The van der Waals surface area contributed by atoms with Crippen LogP contribution in [0.3, 0.4) is 0 Å². The average Bonchev–Trinajstić information content (AvgIpc) is 2.71. The molecule has 0 atom stereocenters. The maximum atomic E-state index is 13.1. The van der Waals surface area contributed by atoms with Gasteiger partial charge in [-0.05, 0) is 24.3 Å². The number of hydrogen-bond acceptors (Lipinski definition) is 6. The van der Waals surface area contributed by atoms with E-state index < -0.39 is 33.9 Å². The van der Waals surface area contributed by atoms with Crippen LogP contribution in [0, 0.1) is 10.1 Å². The van der Waals surface area contributed by atoms with Gasteiger partial charge < -0.3 is 15.4 Å². The lowest BCUT2D eigenvalue weighted by molar-refractivity contribution is -0.387. The molecule has 0 spiro atoms. The van der Waals surface area contributed by atoms with Crippen LogP contribution in [0.25, 0.3) is 0 Å². The fourth-order valence-corrected chi connectivity index (χ4v) is 3.28. The molecule has 0 aliphatic carbocycles. The van der Waals surface area contributed by atoms with Crippen LogP contribution in [0.5, 0.6) is 0 Å². The predicted octanol–water partition coefficient (Wildman–Crippen LogP) is 3.72. The highest BCUT2D eigenvalue weighted by Crippen LogP contribution is 2.35. The number of alkyl halides is 3. The van der Waals surface area contributed by atoms with E-state index in [0.717, 1.165) is 30.0 Å². The summed E-state index contributed by atoms with van der Waals surface area (Å²) in [6, 6.07) is 7.87. The number of nitrogens with zero attached hydrogens (tertiary/aromatic N) is 1. The summed E-state index contributed by atoms with van der Waals surface area (Å²) in [5.41, 5.74) is -2.14. The topological polar surface area (TPSA) is 111 Å². The molecule has 31 heavy (non-hydrogen) atoms. The first kappa shape index (κ1) is 24.2. The largest absolute Gasteiger partial charge is 0.418 e. The molecule has 0 aromatic heterocycles. The molecule has 0 bridgehead atoms. The van der Waals surface area contributed by atoms with Gasteiger partial charge in [0.25, 0.3) is 11.6 Å². The first-order chi connectivity index (χ1) is 14.6. The standard InChI is InChI=1S/C19H18F3N3O5S/c1-30-9-8-23-17(26)11-31-16-7-6-12(10-15(16)25(28)29)18(27)24-14-5-3-2-4-13(14)19(20,21)22/h2-7,10H,8-9,11H2,1H3,(H,23,26)(H,24,27). The van der Waals surface area contributed by atoms with Crippen molar-refractivity contribution < 1.29 is 32.4 Å². The average molecular weight is 457 g/mol. The molecule has 2 amide bonds. The Morgan fingerprint density at radius 1 is 1.19 bits per heavy atom. The molecule has 2 aromatic rings. The van der Waals surface area contributed by atoms with Crippen molar-refractivity contribution in [2.45, 2.75) is 11.1 Å². The van der Waals surface area contributed by atoms with Crippen LogP contribution in [-0.2, 0) is 15.7 Å². The molecule has 0 aliphatic rings. The van der Waals surface area contributed by atoms with Crippen molar-refractivity contribution in [3.8, 4) is 0 Å². The van der Waals surface area contributed by atoms with Gasteiger partial charge in [-0.2, -0.15) is 13.2 Å². The lowest BCUT2D eigenvalue weighted by Gasteiger charge is -2.13. The van der Waals surface area contributed by atoms with E-state index in [-0.39, 0.29) is 28.7 Å². The quantitative estimate of drug-likeness (QED) is 0.257. The number of ether oxygens (including phenoxy) is 1. The van der Waals surface area contributed by atoms with Gasteiger partial charge in [-0.15, -0.1) is 11.8 Å². The Balaban J connectivity index is 2.16. The summed E-state index contributed by atoms with van der Waals surface area (Å²) in [7, 11) is 1.48. The maximum Gasteiger partial charge on any atom is 0.418 e. The third-order valence-corrected chi connectivity index (χ3v) is 4.95. The Morgan fingerprint density at radius 2 is 1.90 bits per heavy atom. The summed E-state index contributed by atoms with van der Waals surface area (Å²) in [5, 5.41) is 16.1. The van der Waals surface area contributed by atoms with E-state index in [2.05, 4.69) is 10.6 Å². The summed E-state index contributed by atoms with van der Waals surface area (Å²) < 4.78 is 44.1. The van der Waals surface area contributed by atoms with Crippen molar-refractivity contribution in [3.05, 3.63) is 63.7 Å². The molecule has 0 saturated heterocycles. The second-order valence-electron chi connectivity index (χ2n) is 6.07. The molecule has 2 rings (SSSR count). The lowest BCUT2D eigenvalue weighted by atomic mass is 10.1. The minimum atomic E-state index is -4.68. The van der Waals surface area contributed by atoms with Gasteiger partial charge in [0.05, 0.1) is 33.4 Å². The Hall–Kier alpha value is -3.12. The monoisotopic (exact) mass is 457 g/mol. The van der Waals surface area contributed by atoms with Crippen molar-refractivity contribution in [3.63, 3.8) is 0 Å². The second-order valence-corrected chi connectivity index (χ2v) is 7.09. The van der Waals surface area contributed by atoms with Crippen LogP contribution in [0.15, 0.2) is 47.4 Å². The number of amides is 2. The number of rotatable bonds is 9. The predicted molar refractivity (Wildman–Crippen MR) is 108 cm³/mol. The highest BCUT2D eigenvalue weighted by molar-refractivity contribution is 8.00. The van der Waals surface area contributed by atoms with Gasteiger partial charge >= 0.3 is 6.18 Å². The summed E-state index contributed by atoms with van der Waals surface area (Å²) in [6.07, 6.45) is -4.68. The molecule has 0 heterocycles. The van der Waals surface area contributed by atoms with E-state index in [0.29, 0.717) is 6.61 Å². The molecule has 0 radical (unpaired) electrons. The van der Waals surface area contributed by atoms with E-state index in [1.165, 1.54) is 31.4 Å². The van der Waals surface area contributed by atoms with Gasteiger partial charge in [-0.3, -0.25) is 19.7 Å². The molecular weight excluding hydrogens is 439 g/mol. The van der Waals surface area contributed by atoms with Gasteiger partial charge in [0.1, 0.15) is 0 Å². The Morgan fingerprint density at radius 3 is 2.55 bits per heavy atom. The Kier molecular flexibility index (Phi) is 8.39. The van der Waals surface area contributed by atoms with Crippen LogP contribution in [-0.4, -0.2) is 42.8 Å². The molecule has 2 aromatic carbocycles. The van der Waals surface area contributed by atoms with Gasteiger partial charge in [0.2, 0.25) is 5.91 Å². The third kappa shape index (κ3) is 6.96. The molecule has 0 unspecified atom stereocenters. The molecular formula is C19H18F3N3O5S. The van der Waals surface area contributed by atoms with Gasteiger partial charge in [0, 0.05) is 25.3 Å². The number of carbonyl (C=O) groups is 2. The number of thioether (sulfide) groups is 1. The SMILES string of the molecule is COCCNC(=O)CSc1ccc(C(=O)Nc2ccccc2C(F)(F)F)cc1[N+](=O)[O-]. The number of para-hydroxylation sites is 1. The zero-order valence-electron chi connectivity index (χ0n) is 16.2. The fraction of sp³-hybridized carbons (Fsp3) is 0.263. The zero-order chi connectivity index (χ0) is 23.0. The summed E-state index contributed by atoms with van der Waals surface area (Å²) >= 11 is 0.897. The number of nitro groups is 1. The van der Waals surface area contributed by atoms with Crippen molar-refractivity contribution in [1.82, 2.24) is 5.32 Å². The number of hydrogen-bond donors (Lipinski definition) is 2. The summed E-state index contributed by atoms with van der Waals surface area (Å²) in [6.45, 7) is 0.605. The molecule has 0 fully saturated rings. The minimum absolute atomic E-state index is 0.102. The fourth-order valence-electron chi connectivity index (χ4n) is 2.44. The van der Waals surface area contributed by atoms with E-state index >= 15 is 0 Å². The summed E-state index contributed by atoms with van der Waals surface area (Å²) in [5.74, 6) is -1.40. The number of benzene rings is 2. The second kappa shape index (κ2) is 10.8. The van der Waals surface area contributed by atoms with Gasteiger partial charge in [-0.1, -0.05) is 12.1 Å². The molecule has 0 saturated carbocycles. The van der Waals surface area contributed by atoms with Gasteiger partial charge in [0.15, 0.2) is 0 Å². The van der Waals surface area contributed by atoms with Crippen LogP contribution < -0.4 is 10.6 Å². The zero-order valence-corrected chi connectivity index (χ0v) is 17.0. The third-order valence-electron chi connectivity index (χ3n) is 3.89. The summed E-state index contributed by atoms with van der Waals surface area (Å²) in [4.78, 5) is 35.0. The van der Waals surface area contributed by atoms with E-state index in [1.807, 2.05) is 0 Å². The highest BCUT2D eigenvalue weighted by Gasteiger charge is 2.33. The highest BCUT2D eigenvalue weighted by atomic mass is 32.2. The molecule has 12 heteroatoms. The number of anilines is 1. The molecule has 0 aliphatic heterocycles. The number of carbonyl (C=O) groups excluding carboxylic acids is 2. The van der Waals surface area contributed by atoms with E-state index in [9.17, 15) is 32.9 Å². The van der Waals surface area contributed by atoms with Gasteiger partial charge in [-0.25, -0.2) is 0 Å². The Labute approximate surface area is 179 Å². The van der Waals surface area contributed by atoms with Crippen molar-refractivity contribution >= 4 is 35.0 Å². The number of halogens is 3. The first-order valence-electron chi connectivity index (χ1n) is 8.78. The van der Waals surface area contributed by atoms with E-state index in [1.54, 1.807) is 0 Å². The Bertz CT molecular complexity index is 969. The van der Waals surface area contributed by atoms with Crippen molar-refractivity contribution in [1.29, 1.82) is 0 Å². The lowest BCUT2D eigenvalue weighted by Crippen LogP contribution is -2.28. The van der Waals surface area contributed by atoms with E-state index in [4.69, 9.17) is 4.74 Å². The van der Waals surface area contributed by atoms with Crippen LogP contribution in [0.4, 0.5) is 24.5 Å². The first-order valence-corrected chi connectivity index (χ1v) is 9.76. The van der Waals surface area contributed by atoms with Crippen molar-refractivity contribution in [2.24, 2.45) is 0 Å². The number of nitro benzene ring substituents is 1. The molecule has 166 valence electrons. The number of methoxy groups -OCH3 is 1. The van der Waals surface area contributed by atoms with Crippen LogP contribution in [0.1, 0.15) is 15.9 Å². The van der Waals surface area contributed by atoms with Crippen molar-refractivity contribution in [2.75, 3.05) is 31.3 Å². The van der Waals surface area contributed by atoms with Crippen LogP contribution >= 0.6 is 11.8 Å². The van der Waals surface area contributed by atoms with Crippen LogP contribution in [0.2, 0.25) is 0 Å². The smallest absolute Gasteiger partial charge is 0.383 e. The molecule has 2 N–H and O–H groups in total. The minimum Gasteiger partial charge on any atom is -0.383 e.